The lowest BCUT2D eigenvalue weighted by molar-refractivity contribution is -0.129. The molecule has 5 rings (SSSR count). The first-order valence-electron chi connectivity index (χ1n) is 23.8. The van der Waals surface area contributed by atoms with Gasteiger partial charge in [0, 0.05) is 38.8 Å². The lowest BCUT2D eigenvalue weighted by atomic mass is 9.79. The molecule has 0 aliphatic heterocycles. The SMILES string of the molecule is CCC(Oc1c2cc(C(C)(C)C)cc1Cc1cc(C(C)(C)C)cc(c1O)Cc1cc(C(C)(C)C)cc(c1OC(CC)C(=O)NCCO)Cc1cc(C(C)(C)C)cc(c1O)C2)C(=O)NCCO. The van der Waals surface area contributed by atoms with E-state index in [1.807, 2.05) is 13.8 Å². The number of benzene rings is 4. The number of aliphatic hydroxyl groups is 2. The number of hydrogen-bond acceptors (Lipinski definition) is 8. The number of aliphatic hydroxyl groups excluding tert-OH is 2. The van der Waals surface area contributed by atoms with Gasteiger partial charge in [-0.05, 0) is 101 Å². The van der Waals surface area contributed by atoms with Crippen molar-refractivity contribution in [3.05, 3.63) is 115 Å². The van der Waals surface area contributed by atoms with Crippen molar-refractivity contribution in [1.29, 1.82) is 0 Å². The summed E-state index contributed by atoms with van der Waals surface area (Å²) in [5.74, 6) is 0.633. The molecule has 4 aromatic carbocycles. The molecule has 0 heterocycles. The van der Waals surface area contributed by atoms with Gasteiger partial charge in [-0.3, -0.25) is 9.59 Å². The van der Waals surface area contributed by atoms with E-state index in [9.17, 15) is 30.0 Å². The Balaban J connectivity index is 1.96. The molecule has 0 aromatic heterocycles. The standard InChI is InChI=1S/C56H78N2O8/c1-15-45(51(63)57-17-19-59)65-49-37-21-33-25-41(53(3,4)5)27-35(47(33)61)23-39-31-44(56(12,13)14)32-40(50(39)66-46(16-2)52(64)58-18-20-60)24-36-28-42(54(6,7)8)26-34(48(36)62)22-38(49)30-43(29-37)55(9,10)11/h25-32,45-46,59-62H,15-24H2,1-14H3,(H,57,63)(H,58,64). The van der Waals surface area contributed by atoms with Crippen LogP contribution in [0.2, 0.25) is 0 Å². The van der Waals surface area contributed by atoms with Crippen molar-refractivity contribution in [1.82, 2.24) is 10.6 Å². The van der Waals surface area contributed by atoms with E-state index in [0.29, 0.717) is 46.6 Å². The van der Waals surface area contributed by atoms with E-state index in [1.165, 1.54) is 0 Å². The van der Waals surface area contributed by atoms with Crippen molar-refractivity contribution in [3.63, 3.8) is 0 Å². The lowest BCUT2D eigenvalue weighted by Gasteiger charge is -2.29. The molecule has 8 bridgehead atoms. The van der Waals surface area contributed by atoms with E-state index in [4.69, 9.17) is 9.47 Å². The summed E-state index contributed by atoms with van der Waals surface area (Å²) in [6, 6.07) is 16.8. The molecule has 2 amide bonds. The summed E-state index contributed by atoms with van der Waals surface area (Å²) in [5, 5.41) is 50.0. The minimum Gasteiger partial charge on any atom is -0.507 e. The van der Waals surface area contributed by atoms with Gasteiger partial charge in [-0.25, -0.2) is 0 Å². The molecule has 1 aliphatic carbocycles. The highest BCUT2D eigenvalue weighted by atomic mass is 16.5. The molecule has 2 atom stereocenters. The molecule has 10 heteroatoms. The highest BCUT2D eigenvalue weighted by Gasteiger charge is 2.31. The predicted molar refractivity (Wildman–Crippen MR) is 265 cm³/mol. The summed E-state index contributed by atoms with van der Waals surface area (Å²) in [4.78, 5) is 27.2. The third-order valence-electron chi connectivity index (χ3n) is 12.7. The first-order chi connectivity index (χ1) is 30.7. The van der Waals surface area contributed by atoms with Gasteiger partial charge >= 0.3 is 0 Å². The first-order valence-corrected chi connectivity index (χ1v) is 23.8. The van der Waals surface area contributed by atoms with E-state index >= 15 is 0 Å². The monoisotopic (exact) mass is 907 g/mol. The van der Waals surface area contributed by atoms with Crippen LogP contribution in [0.25, 0.3) is 0 Å². The van der Waals surface area contributed by atoms with Crippen molar-refractivity contribution >= 4 is 11.8 Å². The number of amides is 2. The van der Waals surface area contributed by atoms with E-state index < -0.39 is 12.2 Å². The predicted octanol–water partition coefficient (Wildman–Crippen LogP) is 9.50. The van der Waals surface area contributed by atoms with Crippen LogP contribution in [0.1, 0.15) is 177 Å². The van der Waals surface area contributed by atoms with Gasteiger partial charge in [0.1, 0.15) is 23.0 Å². The van der Waals surface area contributed by atoms with Crippen molar-refractivity contribution in [2.45, 2.75) is 169 Å². The third kappa shape index (κ3) is 12.3. The Morgan fingerprint density at radius 2 is 0.697 bits per heavy atom. The first kappa shape index (κ1) is 51.9. The molecule has 0 fully saturated rings. The van der Waals surface area contributed by atoms with Gasteiger partial charge in [0.25, 0.3) is 11.8 Å². The fourth-order valence-corrected chi connectivity index (χ4v) is 8.46. The summed E-state index contributed by atoms with van der Waals surface area (Å²) in [5.41, 5.74) is 8.81. The molecule has 0 spiro atoms. The van der Waals surface area contributed by atoms with Crippen LogP contribution in [-0.4, -0.2) is 70.8 Å². The van der Waals surface area contributed by atoms with Crippen molar-refractivity contribution in [2.75, 3.05) is 26.3 Å². The summed E-state index contributed by atoms with van der Waals surface area (Å²) in [6.45, 7) is 29.4. The van der Waals surface area contributed by atoms with Crippen LogP contribution in [0.5, 0.6) is 23.0 Å². The molecular formula is C56H78N2O8. The minimum atomic E-state index is -0.881. The third-order valence-corrected chi connectivity index (χ3v) is 12.7. The Morgan fingerprint density at radius 3 is 0.894 bits per heavy atom. The second kappa shape index (κ2) is 20.4. The number of aromatic hydroxyl groups is 2. The van der Waals surface area contributed by atoms with Crippen LogP contribution in [0.15, 0.2) is 48.5 Å². The number of nitrogens with one attached hydrogen (secondary N) is 2. The van der Waals surface area contributed by atoms with Gasteiger partial charge in [0.2, 0.25) is 0 Å². The Morgan fingerprint density at radius 1 is 0.470 bits per heavy atom. The zero-order valence-corrected chi connectivity index (χ0v) is 42.3. The Kier molecular flexibility index (Phi) is 16.1. The fraction of sp³-hybridized carbons (Fsp3) is 0.536. The van der Waals surface area contributed by atoms with Crippen LogP contribution in [0.3, 0.4) is 0 Å². The number of hydrogen-bond donors (Lipinski definition) is 6. The maximum absolute atomic E-state index is 13.6. The average Bonchev–Trinajstić information content (AvgIpc) is 3.21. The highest BCUT2D eigenvalue weighted by Crippen LogP contribution is 2.44. The molecule has 66 heavy (non-hydrogen) atoms. The molecule has 2 unspecified atom stereocenters. The Labute approximate surface area is 394 Å². The molecule has 4 aromatic rings. The number of carbonyl (C=O) groups excluding carboxylic acids is 2. The number of ether oxygens (including phenoxy) is 2. The van der Waals surface area contributed by atoms with Gasteiger partial charge in [-0.2, -0.15) is 0 Å². The zero-order valence-electron chi connectivity index (χ0n) is 42.3. The average molecular weight is 907 g/mol. The van der Waals surface area contributed by atoms with Crippen LogP contribution >= 0.6 is 0 Å². The van der Waals surface area contributed by atoms with E-state index in [0.717, 1.165) is 44.5 Å². The highest BCUT2D eigenvalue weighted by molar-refractivity contribution is 5.82. The van der Waals surface area contributed by atoms with Crippen molar-refractivity contribution in [3.8, 4) is 23.0 Å². The van der Waals surface area contributed by atoms with Crippen molar-refractivity contribution in [2.24, 2.45) is 0 Å². The van der Waals surface area contributed by atoms with Gasteiger partial charge in [-0.1, -0.05) is 145 Å². The molecule has 0 saturated heterocycles. The quantitative estimate of drug-likeness (QED) is 0.0723. The maximum Gasteiger partial charge on any atom is 0.261 e. The minimum absolute atomic E-state index is 0.0932. The van der Waals surface area contributed by atoms with E-state index in [1.54, 1.807) is 0 Å². The molecule has 6 N–H and O–H groups in total. The fourth-order valence-electron chi connectivity index (χ4n) is 8.46. The molecule has 10 nitrogen and oxygen atoms in total. The van der Waals surface area contributed by atoms with Gasteiger partial charge in [0.05, 0.1) is 13.2 Å². The van der Waals surface area contributed by atoms with E-state index in [2.05, 4.69) is 142 Å². The van der Waals surface area contributed by atoms with E-state index in [-0.39, 0.29) is 97.0 Å². The second-order valence-electron chi connectivity index (χ2n) is 22.3. The summed E-state index contributed by atoms with van der Waals surface area (Å²) >= 11 is 0. The largest absolute Gasteiger partial charge is 0.507 e. The van der Waals surface area contributed by atoms with Gasteiger partial charge in [0.15, 0.2) is 12.2 Å². The molecule has 360 valence electrons. The number of fused-ring (bicyclic) bond motifs is 8. The summed E-state index contributed by atoms with van der Waals surface area (Å²) in [6.07, 6.45) is 0.0289. The lowest BCUT2D eigenvalue weighted by Crippen LogP contribution is -2.39. The molecular weight excluding hydrogens is 829 g/mol. The summed E-state index contributed by atoms with van der Waals surface area (Å²) in [7, 11) is 0. The van der Waals surface area contributed by atoms with Gasteiger partial charge in [-0.15, -0.1) is 0 Å². The van der Waals surface area contributed by atoms with Crippen LogP contribution in [0.4, 0.5) is 0 Å². The Hall–Kier alpha value is -5.06. The number of rotatable bonds is 12. The zero-order chi connectivity index (χ0) is 49.1. The van der Waals surface area contributed by atoms with Gasteiger partial charge < -0.3 is 40.5 Å². The van der Waals surface area contributed by atoms with Crippen LogP contribution in [0, 0.1) is 0 Å². The van der Waals surface area contributed by atoms with Crippen LogP contribution < -0.4 is 20.1 Å². The smallest absolute Gasteiger partial charge is 0.261 e. The number of carbonyl (C=O) groups is 2. The number of phenolic OH excluding ortho intramolecular Hbond substituents is 2. The van der Waals surface area contributed by atoms with Crippen LogP contribution in [-0.2, 0) is 56.9 Å². The molecule has 1 aliphatic rings. The molecule has 0 saturated carbocycles. The topological polar surface area (TPSA) is 158 Å². The maximum atomic E-state index is 13.6. The summed E-state index contributed by atoms with van der Waals surface area (Å²) < 4.78 is 13.8. The normalized spacial score (nSPS) is 14.3. The number of phenols is 2. The Bertz CT molecular complexity index is 2130. The van der Waals surface area contributed by atoms with Crippen molar-refractivity contribution < 1.29 is 39.5 Å². The molecule has 0 radical (unpaired) electrons. The second-order valence-corrected chi connectivity index (χ2v) is 22.3.